The van der Waals surface area contributed by atoms with Crippen LogP contribution < -0.4 is 4.90 Å². The minimum absolute atomic E-state index is 0.0603. The summed E-state index contributed by atoms with van der Waals surface area (Å²) in [5.74, 6) is -3.34. The maximum Gasteiger partial charge on any atom is 0.416 e. The number of benzene rings is 2. The van der Waals surface area contributed by atoms with Crippen LogP contribution in [0.1, 0.15) is 16.7 Å². The van der Waals surface area contributed by atoms with Gasteiger partial charge in [0.2, 0.25) is 0 Å². The molecule has 2 amide bonds. The fourth-order valence-corrected chi connectivity index (χ4v) is 3.09. The zero-order chi connectivity index (χ0) is 19.9. The average Bonchev–Trinajstić information content (AvgIpc) is 2.90. The lowest BCUT2D eigenvalue weighted by Crippen LogP contribution is -2.32. The maximum absolute atomic E-state index is 13.8. The molecule has 0 unspecified atom stereocenters. The SMILES string of the molecule is Cc1c(N2CCN(Cc3c(F)cc(F)cc3F)C2=O)cccc1C(F)(F)F. The fraction of sp³-hybridized carbons (Fsp3) is 0.278. The summed E-state index contributed by atoms with van der Waals surface area (Å²) in [5, 5.41) is 0. The Kier molecular flexibility index (Phi) is 4.79. The Morgan fingerprint density at radius 3 is 2.26 bits per heavy atom. The van der Waals surface area contributed by atoms with Gasteiger partial charge in [-0.3, -0.25) is 4.90 Å². The van der Waals surface area contributed by atoms with Crippen LogP contribution in [-0.2, 0) is 12.7 Å². The summed E-state index contributed by atoms with van der Waals surface area (Å²) in [6, 6.07) is 3.83. The summed E-state index contributed by atoms with van der Waals surface area (Å²) >= 11 is 0. The molecule has 1 aliphatic rings. The molecule has 1 heterocycles. The Morgan fingerprint density at radius 1 is 1.04 bits per heavy atom. The third-order valence-corrected chi connectivity index (χ3v) is 4.45. The molecule has 27 heavy (non-hydrogen) atoms. The number of alkyl halides is 3. The number of halogens is 6. The van der Waals surface area contributed by atoms with Crippen molar-refractivity contribution in [2.45, 2.75) is 19.6 Å². The highest BCUT2D eigenvalue weighted by molar-refractivity contribution is 5.95. The number of urea groups is 1. The number of amides is 2. The molecule has 0 aliphatic carbocycles. The van der Waals surface area contributed by atoms with E-state index in [1.807, 2.05) is 0 Å². The molecule has 0 N–H and O–H groups in total. The van der Waals surface area contributed by atoms with E-state index in [4.69, 9.17) is 0 Å². The van der Waals surface area contributed by atoms with Crippen molar-refractivity contribution in [3.05, 3.63) is 64.5 Å². The van der Waals surface area contributed by atoms with Crippen molar-refractivity contribution in [2.75, 3.05) is 18.0 Å². The van der Waals surface area contributed by atoms with E-state index < -0.39 is 47.3 Å². The maximum atomic E-state index is 13.8. The fourth-order valence-electron chi connectivity index (χ4n) is 3.09. The third kappa shape index (κ3) is 3.58. The lowest BCUT2D eigenvalue weighted by atomic mass is 10.1. The Labute approximate surface area is 150 Å². The first kappa shape index (κ1) is 19.1. The van der Waals surface area contributed by atoms with Gasteiger partial charge in [-0.2, -0.15) is 13.2 Å². The molecular formula is C18H14F6N2O. The average molecular weight is 388 g/mol. The zero-order valence-corrected chi connectivity index (χ0v) is 14.1. The molecule has 0 radical (unpaired) electrons. The number of carbonyl (C=O) groups is 1. The van der Waals surface area contributed by atoms with Gasteiger partial charge in [-0.05, 0) is 24.6 Å². The molecule has 1 saturated heterocycles. The Bertz CT molecular complexity index is 873. The standard InChI is InChI=1S/C18H14F6N2O/c1-10-13(18(22,23)24)3-2-4-16(10)26-6-5-25(17(26)27)9-12-14(20)7-11(19)8-15(12)21/h2-4,7-8H,5-6,9H2,1H3. The normalized spacial score (nSPS) is 15.0. The van der Waals surface area contributed by atoms with Crippen LogP contribution >= 0.6 is 0 Å². The lowest BCUT2D eigenvalue weighted by Gasteiger charge is -2.22. The van der Waals surface area contributed by atoms with Crippen LogP contribution in [0.3, 0.4) is 0 Å². The molecule has 0 saturated carbocycles. The first-order valence-electron chi connectivity index (χ1n) is 7.96. The van der Waals surface area contributed by atoms with Crippen LogP contribution in [0.25, 0.3) is 0 Å². The largest absolute Gasteiger partial charge is 0.416 e. The van der Waals surface area contributed by atoms with E-state index in [0.29, 0.717) is 12.1 Å². The van der Waals surface area contributed by atoms with Crippen LogP contribution in [0.15, 0.2) is 30.3 Å². The van der Waals surface area contributed by atoms with Gasteiger partial charge in [-0.25, -0.2) is 18.0 Å². The minimum atomic E-state index is -4.57. The summed E-state index contributed by atoms with van der Waals surface area (Å²) in [7, 11) is 0. The predicted molar refractivity (Wildman–Crippen MR) is 85.6 cm³/mol. The first-order valence-corrected chi connectivity index (χ1v) is 7.96. The molecule has 3 rings (SSSR count). The third-order valence-electron chi connectivity index (χ3n) is 4.45. The zero-order valence-electron chi connectivity index (χ0n) is 14.1. The van der Waals surface area contributed by atoms with E-state index in [1.165, 1.54) is 19.1 Å². The minimum Gasteiger partial charge on any atom is -0.318 e. The van der Waals surface area contributed by atoms with Gasteiger partial charge in [-0.1, -0.05) is 6.07 Å². The number of nitrogens with zero attached hydrogens (tertiary/aromatic N) is 2. The molecule has 0 spiro atoms. The van der Waals surface area contributed by atoms with E-state index in [1.54, 1.807) is 0 Å². The quantitative estimate of drug-likeness (QED) is 0.688. The molecule has 1 fully saturated rings. The highest BCUT2D eigenvalue weighted by Crippen LogP contribution is 2.36. The van der Waals surface area contributed by atoms with Crippen molar-refractivity contribution in [1.82, 2.24) is 4.90 Å². The predicted octanol–water partition coefficient (Wildman–Crippen LogP) is 4.87. The summed E-state index contributed by atoms with van der Waals surface area (Å²) in [6.45, 7) is 0.925. The van der Waals surface area contributed by atoms with Gasteiger partial charge in [0.25, 0.3) is 0 Å². The molecule has 3 nitrogen and oxygen atoms in total. The molecule has 9 heteroatoms. The van der Waals surface area contributed by atoms with Gasteiger partial charge in [0.1, 0.15) is 17.5 Å². The highest BCUT2D eigenvalue weighted by atomic mass is 19.4. The van der Waals surface area contributed by atoms with E-state index in [2.05, 4.69) is 0 Å². The molecule has 1 aliphatic heterocycles. The highest BCUT2D eigenvalue weighted by Gasteiger charge is 2.36. The van der Waals surface area contributed by atoms with Crippen molar-refractivity contribution in [3.63, 3.8) is 0 Å². The Hall–Kier alpha value is -2.71. The lowest BCUT2D eigenvalue weighted by molar-refractivity contribution is -0.138. The molecule has 2 aromatic carbocycles. The molecule has 144 valence electrons. The van der Waals surface area contributed by atoms with Crippen molar-refractivity contribution in [3.8, 4) is 0 Å². The summed E-state index contributed by atoms with van der Waals surface area (Å²) < 4.78 is 79.8. The second-order valence-electron chi connectivity index (χ2n) is 6.15. The van der Waals surface area contributed by atoms with Crippen LogP contribution in [0.2, 0.25) is 0 Å². The van der Waals surface area contributed by atoms with Crippen molar-refractivity contribution >= 4 is 11.7 Å². The molecular weight excluding hydrogens is 374 g/mol. The number of rotatable bonds is 3. The Morgan fingerprint density at radius 2 is 1.67 bits per heavy atom. The van der Waals surface area contributed by atoms with Crippen LogP contribution in [0.4, 0.5) is 36.8 Å². The topological polar surface area (TPSA) is 23.6 Å². The van der Waals surface area contributed by atoms with Gasteiger partial charge in [-0.15, -0.1) is 0 Å². The summed E-state index contributed by atoms with van der Waals surface area (Å²) in [5.41, 5.74) is -1.37. The number of anilines is 1. The van der Waals surface area contributed by atoms with Crippen LogP contribution in [0.5, 0.6) is 0 Å². The van der Waals surface area contributed by atoms with E-state index in [-0.39, 0.29) is 24.3 Å². The smallest absolute Gasteiger partial charge is 0.318 e. The first-order chi connectivity index (χ1) is 12.6. The number of hydrogen-bond donors (Lipinski definition) is 0. The summed E-state index contributed by atoms with van der Waals surface area (Å²) in [6.07, 6.45) is -4.57. The van der Waals surface area contributed by atoms with Crippen LogP contribution in [-0.4, -0.2) is 24.0 Å². The van der Waals surface area contributed by atoms with Gasteiger partial charge in [0.05, 0.1) is 12.1 Å². The van der Waals surface area contributed by atoms with Gasteiger partial charge >= 0.3 is 12.2 Å². The molecule has 0 atom stereocenters. The molecule has 0 aromatic heterocycles. The van der Waals surface area contributed by atoms with Crippen molar-refractivity contribution in [2.24, 2.45) is 0 Å². The van der Waals surface area contributed by atoms with Crippen LogP contribution in [0, 0.1) is 24.4 Å². The van der Waals surface area contributed by atoms with Gasteiger partial charge in [0, 0.05) is 36.5 Å². The van der Waals surface area contributed by atoms with Gasteiger partial charge < -0.3 is 4.90 Å². The molecule has 2 aromatic rings. The van der Waals surface area contributed by atoms with E-state index in [0.717, 1.165) is 15.9 Å². The second-order valence-corrected chi connectivity index (χ2v) is 6.15. The number of carbonyl (C=O) groups excluding carboxylic acids is 1. The summed E-state index contributed by atoms with van der Waals surface area (Å²) in [4.78, 5) is 14.8. The molecule has 0 bridgehead atoms. The number of hydrogen-bond acceptors (Lipinski definition) is 1. The second kappa shape index (κ2) is 6.79. The Balaban J connectivity index is 1.86. The van der Waals surface area contributed by atoms with Gasteiger partial charge in [0.15, 0.2) is 0 Å². The monoisotopic (exact) mass is 388 g/mol. The van der Waals surface area contributed by atoms with E-state index >= 15 is 0 Å². The van der Waals surface area contributed by atoms with Crippen molar-refractivity contribution < 1.29 is 31.1 Å². The van der Waals surface area contributed by atoms with Crippen molar-refractivity contribution in [1.29, 1.82) is 0 Å². The van der Waals surface area contributed by atoms with E-state index in [9.17, 15) is 31.1 Å².